The number of aliphatic hydroxyl groups excluding tert-OH is 1. The van der Waals surface area contributed by atoms with Crippen LogP contribution in [0.5, 0.6) is 0 Å². The van der Waals surface area contributed by atoms with Gasteiger partial charge in [-0.1, -0.05) is 6.92 Å². The van der Waals surface area contributed by atoms with Gasteiger partial charge in [-0.3, -0.25) is 20.4 Å². The molecule has 6 atom stereocenters. The minimum atomic E-state index is -1.16. The van der Waals surface area contributed by atoms with Gasteiger partial charge in [0.05, 0.1) is 30.7 Å². The van der Waals surface area contributed by atoms with E-state index in [0.717, 1.165) is 0 Å². The minimum Gasteiger partial charge on any atom is -0.477 e. The van der Waals surface area contributed by atoms with Crippen molar-refractivity contribution in [3.8, 4) is 0 Å². The van der Waals surface area contributed by atoms with E-state index in [4.69, 9.17) is 10.8 Å². The van der Waals surface area contributed by atoms with Gasteiger partial charge in [-0.15, -0.1) is 11.8 Å². The first-order valence-corrected chi connectivity index (χ1v) is 12.0. The Hall–Kier alpha value is -2.60. The van der Waals surface area contributed by atoms with Crippen LogP contribution in [0.4, 0.5) is 0 Å². The molecule has 0 saturated carbocycles. The first-order valence-electron chi connectivity index (χ1n) is 11.1. The van der Waals surface area contributed by atoms with Crippen molar-refractivity contribution in [3.63, 3.8) is 0 Å². The van der Waals surface area contributed by atoms with Gasteiger partial charge in [0, 0.05) is 48.8 Å². The summed E-state index contributed by atoms with van der Waals surface area (Å²) in [6.45, 7) is 6.13. The number of piperazine rings is 1. The van der Waals surface area contributed by atoms with Crippen LogP contribution in [0.2, 0.25) is 0 Å². The number of nitrogens with zero attached hydrogens (tertiary/aromatic N) is 4. The molecule has 4 rings (SSSR count). The maximum absolute atomic E-state index is 13.2. The summed E-state index contributed by atoms with van der Waals surface area (Å²) in [4.78, 5) is 45.0. The molecular formula is C21H30N6O5S. The van der Waals surface area contributed by atoms with E-state index in [9.17, 15) is 24.6 Å². The fourth-order valence-electron chi connectivity index (χ4n) is 5.43. The van der Waals surface area contributed by atoms with Crippen LogP contribution in [0.3, 0.4) is 0 Å². The van der Waals surface area contributed by atoms with Crippen LogP contribution in [-0.2, 0) is 14.4 Å². The average molecular weight is 479 g/mol. The van der Waals surface area contributed by atoms with Gasteiger partial charge in [0.1, 0.15) is 11.7 Å². The largest absolute Gasteiger partial charge is 0.477 e. The van der Waals surface area contributed by atoms with E-state index in [1.807, 2.05) is 11.8 Å². The second-order valence-electron chi connectivity index (χ2n) is 9.08. The molecule has 4 N–H and O–H groups in total. The van der Waals surface area contributed by atoms with Crippen molar-refractivity contribution in [2.45, 2.75) is 43.7 Å². The number of fused-ring (bicyclic) bond motifs is 1. The monoisotopic (exact) mass is 478 g/mol. The number of hydrogen-bond acceptors (Lipinski definition) is 7. The molecule has 33 heavy (non-hydrogen) atoms. The SMILES string of the molecule is CC(O)C1C(=O)N2C(C(=O)O)=C(SC3CC(C(=O)N4CCN(C=N)CC4)N(C=N)C3)C(C)[C@H]12. The number of likely N-dealkylation sites (tertiary alicyclic amines) is 1. The fourth-order valence-corrected chi connectivity index (χ4v) is 6.97. The Balaban J connectivity index is 1.48. The summed E-state index contributed by atoms with van der Waals surface area (Å²) in [5, 5.41) is 34.9. The van der Waals surface area contributed by atoms with Gasteiger partial charge in [0.2, 0.25) is 11.8 Å². The third kappa shape index (κ3) is 3.88. The molecule has 0 aromatic rings. The van der Waals surface area contributed by atoms with Gasteiger partial charge in [-0.2, -0.15) is 0 Å². The number of β-lactam (4-membered cyclic amide) rings is 1. The third-order valence-corrected chi connectivity index (χ3v) is 8.66. The Labute approximate surface area is 196 Å². The third-order valence-electron chi connectivity index (χ3n) is 7.17. The van der Waals surface area contributed by atoms with Crippen LogP contribution in [0.1, 0.15) is 20.3 Å². The van der Waals surface area contributed by atoms with Crippen molar-refractivity contribution in [2.24, 2.45) is 11.8 Å². The van der Waals surface area contributed by atoms with E-state index in [1.165, 1.54) is 29.3 Å². The van der Waals surface area contributed by atoms with Crippen molar-refractivity contribution >= 4 is 42.2 Å². The highest BCUT2D eigenvalue weighted by Crippen LogP contribution is 2.52. The van der Waals surface area contributed by atoms with Crippen molar-refractivity contribution in [2.75, 3.05) is 32.7 Å². The first-order chi connectivity index (χ1) is 15.7. The zero-order chi connectivity index (χ0) is 24.0. The zero-order valence-electron chi connectivity index (χ0n) is 18.7. The van der Waals surface area contributed by atoms with Crippen molar-refractivity contribution in [1.82, 2.24) is 19.6 Å². The highest BCUT2D eigenvalue weighted by molar-refractivity contribution is 8.03. The number of rotatable bonds is 7. The zero-order valence-corrected chi connectivity index (χ0v) is 19.5. The van der Waals surface area contributed by atoms with E-state index in [0.29, 0.717) is 44.0 Å². The molecule has 4 aliphatic rings. The molecule has 4 heterocycles. The van der Waals surface area contributed by atoms with Crippen LogP contribution < -0.4 is 0 Å². The lowest BCUT2D eigenvalue weighted by Gasteiger charge is -2.46. The highest BCUT2D eigenvalue weighted by atomic mass is 32.2. The number of nitrogens with one attached hydrogen (secondary N) is 2. The quantitative estimate of drug-likeness (QED) is 0.221. The summed E-state index contributed by atoms with van der Waals surface area (Å²) < 4.78 is 0. The second-order valence-corrected chi connectivity index (χ2v) is 10.4. The number of aliphatic carboxylic acids is 1. The predicted molar refractivity (Wildman–Crippen MR) is 122 cm³/mol. The first kappa shape index (κ1) is 23.6. The smallest absolute Gasteiger partial charge is 0.353 e. The lowest BCUT2D eigenvalue weighted by molar-refractivity contribution is -0.163. The molecule has 12 heteroatoms. The summed E-state index contributed by atoms with van der Waals surface area (Å²) in [6.07, 6.45) is 2.07. The lowest BCUT2D eigenvalue weighted by Crippen LogP contribution is -2.63. The van der Waals surface area contributed by atoms with Crippen molar-refractivity contribution in [3.05, 3.63) is 10.6 Å². The number of carboxylic acid groups (broad SMARTS) is 1. The minimum absolute atomic E-state index is 0.0154. The maximum atomic E-state index is 13.2. The maximum Gasteiger partial charge on any atom is 0.353 e. The summed E-state index contributed by atoms with van der Waals surface area (Å²) >= 11 is 1.38. The molecule has 3 fully saturated rings. The van der Waals surface area contributed by atoms with Crippen LogP contribution in [0.15, 0.2) is 10.6 Å². The van der Waals surface area contributed by atoms with Gasteiger partial charge in [0.25, 0.3) is 0 Å². The topological polar surface area (TPSA) is 152 Å². The highest BCUT2D eigenvalue weighted by Gasteiger charge is 2.60. The molecule has 3 saturated heterocycles. The van der Waals surface area contributed by atoms with Gasteiger partial charge in [-0.25, -0.2) is 4.79 Å². The molecule has 4 aliphatic heterocycles. The molecule has 0 bridgehead atoms. The van der Waals surface area contributed by atoms with E-state index in [1.54, 1.807) is 16.7 Å². The Kier molecular flexibility index (Phi) is 6.41. The number of carbonyl (C=O) groups excluding carboxylic acids is 2. The van der Waals surface area contributed by atoms with Gasteiger partial charge in [0.15, 0.2) is 0 Å². The molecular weight excluding hydrogens is 448 g/mol. The number of carbonyl (C=O) groups is 3. The van der Waals surface area contributed by atoms with E-state index in [-0.39, 0.29) is 34.7 Å². The van der Waals surface area contributed by atoms with Gasteiger partial charge >= 0.3 is 5.97 Å². The number of thioether (sulfide) groups is 1. The molecule has 0 radical (unpaired) electrons. The normalized spacial score (nSPS) is 32.6. The van der Waals surface area contributed by atoms with Crippen LogP contribution in [0.25, 0.3) is 0 Å². The van der Waals surface area contributed by atoms with Crippen LogP contribution >= 0.6 is 11.8 Å². The Morgan fingerprint density at radius 3 is 2.39 bits per heavy atom. The summed E-state index contributed by atoms with van der Waals surface area (Å²) in [6, 6.07) is -0.852. The van der Waals surface area contributed by atoms with Crippen LogP contribution in [0, 0.1) is 22.7 Å². The Morgan fingerprint density at radius 2 is 1.85 bits per heavy atom. The number of hydrogen-bond donors (Lipinski definition) is 4. The van der Waals surface area contributed by atoms with Crippen molar-refractivity contribution in [1.29, 1.82) is 10.8 Å². The number of amides is 2. The molecule has 0 spiro atoms. The average Bonchev–Trinajstić information content (AvgIpc) is 3.30. The summed E-state index contributed by atoms with van der Waals surface area (Å²) in [5.41, 5.74) is -0.0154. The Bertz CT molecular complexity index is 902. The van der Waals surface area contributed by atoms with E-state index in [2.05, 4.69) is 0 Å². The summed E-state index contributed by atoms with van der Waals surface area (Å²) in [5.74, 6) is -2.41. The van der Waals surface area contributed by atoms with Crippen molar-refractivity contribution < 1.29 is 24.6 Å². The number of carboxylic acids is 1. The lowest BCUT2D eigenvalue weighted by atomic mass is 9.79. The Morgan fingerprint density at radius 1 is 1.18 bits per heavy atom. The molecule has 0 aromatic carbocycles. The molecule has 11 nitrogen and oxygen atoms in total. The van der Waals surface area contributed by atoms with Gasteiger partial charge in [-0.05, 0) is 13.3 Å². The molecule has 180 valence electrons. The summed E-state index contributed by atoms with van der Waals surface area (Å²) in [7, 11) is 0. The second kappa shape index (κ2) is 8.98. The fraction of sp³-hybridized carbons (Fsp3) is 0.667. The molecule has 0 aliphatic carbocycles. The van der Waals surface area contributed by atoms with E-state index < -0.39 is 24.0 Å². The predicted octanol–water partition coefficient (Wildman–Crippen LogP) is -0.325. The van der Waals surface area contributed by atoms with E-state index >= 15 is 0 Å². The van der Waals surface area contributed by atoms with Gasteiger partial charge < -0.3 is 29.8 Å². The van der Waals surface area contributed by atoms with Crippen LogP contribution in [-0.4, -0.2) is 116 Å². The standard InChI is InChI=1S/C21H30N6O5S/c1-11-16-15(12(2)28)20(30)27(16)17(21(31)32)18(11)33-13-7-14(26(8-13)10-23)19(29)25-5-3-24(9-22)4-6-25/h9-16,22-23,28H,3-8H2,1-2H3,(H,31,32)/t11?,12?,13?,14?,15?,16-/m1/s1. The molecule has 2 amide bonds. The molecule has 0 aromatic heterocycles. The number of aliphatic hydroxyl groups is 1. The molecule has 5 unspecified atom stereocenters.